The number of imidazole rings is 1. The molecule has 2 aliphatic rings. The lowest BCUT2D eigenvalue weighted by atomic mass is 9.90. The molecular weight excluding hydrogens is 389 g/mol. The van der Waals surface area contributed by atoms with Crippen LogP contribution in [-0.4, -0.2) is 40.2 Å². The summed E-state index contributed by atoms with van der Waals surface area (Å²) in [4.78, 5) is 36.6. The number of imide groups is 1. The number of nitrogens with zero attached hydrogens (tertiary/aromatic N) is 2. The van der Waals surface area contributed by atoms with Crippen molar-refractivity contribution in [2.24, 2.45) is 0 Å². The van der Waals surface area contributed by atoms with Crippen LogP contribution in [0.4, 0.5) is 13.2 Å². The van der Waals surface area contributed by atoms with Gasteiger partial charge in [0, 0.05) is 6.42 Å². The van der Waals surface area contributed by atoms with E-state index in [0.29, 0.717) is 4.57 Å². The van der Waals surface area contributed by atoms with E-state index in [0.717, 1.165) is 36.1 Å². The largest absolute Gasteiger partial charge is 0.406 e. The molecule has 0 spiro atoms. The molecule has 29 heavy (non-hydrogen) atoms. The first-order valence-electron chi connectivity index (χ1n) is 9.60. The zero-order valence-corrected chi connectivity index (χ0v) is 15.6. The van der Waals surface area contributed by atoms with Gasteiger partial charge in [-0.1, -0.05) is 6.07 Å². The quantitative estimate of drug-likeness (QED) is 0.756. The molecule has 2 fully saturated rings. The van der Waals surface area contributed by atoms with Crippen LogP contribution in [0, 0.1) is 0 Å². The highest BCUT2D eigenvalue weighted by atomic mass is 19.4. The van der Waals surface area contributed by atoms with Crippen molar-refractivity contribution in [3.63, 3.8) is 0 Å². The number of benzene rings is 1. The van der Waals surface area contributed by atoms with Crippen LogP contribution in [0.25, 0.3) is 11.0 Å². The Morgan fingerprint density at radius 2 is 1.76 bits per heavy atom. The first-order valence-corrected chi connectivity index (χ1v) is 9.60. The second-order valence-electron chi connectivity index (χ2n) is 7.59. The third kappa shape index (κ3) is 3.81. The summed E-state index contributed by atoms with van der Waals surface area (Å²) in [5.74, 6) is -0.919. The number of amides is 2. The summed E-state index contributed by atoms with van der Waals surface area (Å²) in [7, 11) is 0. The van der Waals surface area contributed by atoms with Crippen LogP contribution in [0.5, 0.6) is 0 Å². The minimum absolute atomic E-state index is 0.0297. The first kappa shape index (κ1) is 19.7. The van der Waals surface area contributed by atoms with E-state index in [4.69, 9.17) is 0 Å². The van der Waals surface area contributed by atoms with Gasteiger partial charge in [0.25, 0.3) is 0 Å². The molecule has 10 heteroatoms. The summed E-state index contributed by atoms with van der Waals surface area (Å²) < 4.78 is 41.3. The van der Waals surface area contributed by atoms with E-state index < -0.39 is 36.3 Å². The highest BCUT2D eigenvalue weighted by Gasteiger charge is 2.35. The van der Waals surface area contributed by atoms with Crippen molar-refractivity contribution in [2.75, 3.05) is 13.1 Å². The summed E-state index contributed by atoms with van der Waals surface area (Å²) >= 11 is 0. The average Bonchev–Trinajstić information content (AvgIpc) is 2.93. The van der Waals surface area contributed by atoms with Crippen molar-refractivity contribution < 1.29 is 22.8 Å². The Morgan fingerprint density at radius 3 is 2.41 bits per heavy atom. The third-order valence-corrected chi connectivity index (χ3v) is 5.66. The number of hydrogen-bond acceptors (Lipinski definition) is 4. The van der Waals surface area contributed by atoms with Crippen molar-refractivity contribution in [1.82, 2.24) is 19.8 Å². The van der Waals surface area contributed by atoms with Gasteiger partial charge in [0.15, 0.2) is 0 Å². The molecule has 0 aliphatic carbocycles. The van der Waals surface area contributed by atoms with Crippen molar-refractivity contribution >= 4 is 22.8 Å². The Bertz CT molecular complexity index is 1020. The number of fused-ring (bicyclic) bond motifs is 1. The number of aromatic nitrogens is 2. The topological polar surface area (TPSA) is 85.1 Å². The minimum atomic E-state index is -4.58. The van der Waals surface area contributed by atoms with E-state index in [-0.39, 0.29) is 29.8 Å². The lowest BCUT2D eigenvalue weighted by Crippen LogP contribution is -2.44. The van der Waals surface area contributed by atoms with E-state index in [2.05, 4.69) is 10.6 Å². The van der Waals surface area contributed by atoms with E-state index in [1.807, 2.05) is 6.07 Å². The molecule has 1 aromatic carbocycles. The van der Waals surface area contributed by atoms with Gasteiger partial charge in [-0.3, -0.25) is 24.0 Å². The third-order valence-electron chi connectivity index (χ3n) is 5.66. The molecule has 0 bridgehead atoms. The number of carbonyl (C=O) groups is 2. The fraction of sp³-hybridized carbons (Fsp3) is 0.526. The number of nitrogens with one attached hydrogen (secondary N) is 2. The molecule has 2 amide bonds. The van der Waals surface area contributed by atoms with Gasteiger partial charge >= 0.3 is 11.9 Å². The van der Waals surface area contributed by atoms with Crippen molar-refractivity contribution in [2.45, 2.75) is 50.4 Å². The maximum absolute atomic E-state index is 13.2. The number of carbonyl (C=O) groups excluding carboxylic acids is 2. The Hall–Kier alpha value is -2.62. The second-order valence-corrected chi connectivity index (χ2v) is 7.59. The van der Waals surface area contributed by atoms with E-state index >= 15 is 0 Å². The van der Waals surface area contributed by atoms with Gasteiger partial charge in [0.2, 0.25) is 11.8 Å². The molecule has 0 saturated carbocycles. The number of alkyl halides is 3. The summed E-state index contributed by atoms with van der Waals surface area (Å²) in [6.45, 7) is 0.225. The zero-order chi connectivity index (χ0) is 20.8. The van der Waals surface area contributed by atoms with Gasteiger partial charge in [0.1, 0.15) is 12.6 Å². The lowest BCUT2D eigenvalue weighted by Gasteiger charge is -2.23. The van der Waals surface area contributed by atoms with Gasteiger partial charge in [-0.2, -0.15) is 13.2 Å². The minimum Gasteiger partial charge on any atom is -0.317 e. The predicted octanol–water partition coefficient (Wildman–Crippen LogP) is 1.81. The molecule has 1 unspecified atom stereocenters. The molecule has 1 aromatic heterocycles. The van der Waals surface area contributed by atoms with Crippen LogP contribution in [0.15, 0.2) is 23.0 Å². The molecule has 156 valence electrons. The lowest BCUT2D eigenvalue weighted by molar-refractivity contribution is -0.140. The summed E-state index contributed by atoms with van der Waals surface area (Å²) in [6.07, 6.45) is -2.75. The molecule has 7 nitrogen and oxygen atoms in total. The van der Waals surface area contributed by atoms with Crippen LogP contribution in [-0.2, 0) is 16.1 Å². The standard InChI is InChI=1S/C19H21F3N4O3/c20-19(21,22)10-25-15-9-12(11-5-7-23-8-6-11)1-2-13(15)26(18(25)29)14-3-4-16(27)24-17(14)28/h1-2,9,11,14,23H,3-8,10H2,(H,24,27,28). The summed E-state index contributed by atoms with van der Waals surface area (Å²) in [6, 6.07) is 4.06. The maximum atomic E-state index is 13.2. The molecule has 2 aliphatic heterocycles. The Kier molecular flexibility index (Phi) is 4.97. The van der Waals surface area contributed by atoms with Crippen LogP contribution >= 0.6 is 0 Å². The highest BCUT2D eigenvalue weighted by Crippen LogP contribution is 2.31. The van der Waals surface area contributed by atoms with Gasteiger partial charge < -0.3 is 5.32 Å². The number of halogens is 3. The SMILES string of the molecule is O=C1CCC(n2c(=O)n(CC(F)(F)F)c3cc(C4CCNCC4)ccc32)C(=O)N1. The molecule has 2 aromatic rings. The molecule has 3 heterocycles. The molecular formula is C19H21F3N4O3. The van der Waals surface area contributed by atoms with Gasteiger partial charge in [-0.05, 0) is 56.0 Å². The van der Waals surface area contributed by atoms with Crippen LogP contribution in [0.3, 0.4) is 0 Å². The Labute approximate surface area is 163 Å². The highest BCUT2D eigenvalue weighted by molar-refractivity contribution is 6.00. The molecule has 1 atom stereocenters. The smallest absolute Gasteiger partial charge is 0.317 e. The normalized spacial score (nSPS) is 21.6. The van der Waals surface area contributed by atoms with Gasteiger partial charge in [0.05, 0.1) is 11.0 Å². The van der Waals surface area contributed by atoms with E-state index in [9.17, 15) is 27.6 Å². The van der Waals surface area contributed by atoms with Gasteiger partial charge in [-0.15, -0.1) is 0 Å². The number of hydrogen-bond donors (Lipinski definition) is 2. The number of rotatable bonds is 3. The predicted molar refractivity (Wildman–Crippen MR) is 98.5 cm³/mol. The Morgan fingerprint density at radius 1 is 1.03 bits per heavy atom. The first-order chi connectivity index (χ1) is 13.7. The summed E-state index contributed by atoms with van der Waals surface area (Å²) in [5, 5.41) is 5.41. The van der Waals surface area contributed by atoms with Crippen LogP contribution < -0.4 is 16.3 Å². The average molecular weight is 410 g/mol. The van der Waals surface area contributed by atoms with Crippen molar-refractivity contribution in [1.29, 1.82) is 0 Å². The molecule has 4 rings (SSSR count). The zero-order valence-electron chi connectivity index (χ0n) is 15.6. The fourth-order valence-corrected chi connectivity index (χ4v) is 4.27. The molecule has 0 radical (unpaired) electrons. The van der Waals surface area contributed by atoms with E-state index in [1.54, 1.807) is 12.1 Å². The van der Waals surface area contributed by atoms with E-state index in [1.165, 1.54) is 0 Å². The summed E-state index contributed by atoms with van der Waals surface area (Å²) in [5.41, 5.74) is 0.420. The molecule has 2 N–H and O–H groups in total. The molecule has 2 saturated heterocycles. The maximum Gasteiger partial charge on any atom is 0.406 e. The van der Waals surface area contributed by atoms with Crippen molar-refractivity contribution in [3.05, 3.63) is 34.2 Å². The van der Waals surface area contributed by atoms with Crippen LogP contribution in [0.1, 0.15) is 43.2 Å². The van der Waals surface area contributed by atoms with Crippen molar-refractivity contribution in [3.8, 4) is 0 Å². The Balaban J connectivity index is 1.85. The fourth-order valence-electron chi connectivity index (χ4n) is 4.27. The van der Waals surface area contributed by atoms with Crippen LogP contribution in [0.2, 0.25) is 0 Å². The van der Waals surface area contributed by atoms with Gasteiger partial charge in [-0.25, -0.2) is 4.79 Å². The second kappa shape index (κ2) is 7.33. The monoisotopic (exact) mass is 410 g/mol. The number of piperidine rings is 2.